The first-order valence-corrected chi connectivity index (χ1v) is 8.43. The van der Waals surface area contributed by atoms with Gasteiger partial charge >= 0.3 is 0 Å². The summed E-state index contributed by atoms with van der Waals surface area (Å²) < 4.78 is 1.89. The van der Waals surface area contributed by atoms with E-state index in [0.717, 1.165) is 16.3 Å². The predicted molar refractivity (Wildman–Crippen MR) is 94.1 cm³/mol. The molecular formula is C16H13ClN4O2S. The number of benzene rings is 2. The summed E-state index contributed by atoms with van der Waals surface area (Å²) in [5, 5.41) is 20.5. The van der Waals surface area contributed by atoms with Gasteiger partial charge in [-0.05, 0) is 17.7 Å². The van der Waals surface area contributed by atoms with Crippen LogP contribution in [-0.4, -0.2) is 19.7 Å². The lowest BCUT2D eigenvalue weighted by atomic mass is 10.2. The molecule has 2 aromatic carbocycles. The second-order valence-corrected chi connectivity index (χ2v) is 6.41. The predicted octanol–water partition coefficient (Wildman–Crippen LogP) is 4.34. The minimum atomic E-state index is -0.407. The van der Waals surface area contributed by atoms with Crippen molar-refractivity contribution >= 4 is 29.1 Å². The average Bonchev–Trinajstić information content (AvgIpc) is 2.94. The largest absolute Gasteiger partial charge is 0.305 e. The summed E-state index contributed by atoms with van der Waals surface area (Å²) in [6.45, 7) is 0. The number of halogens is 1. The van der Waals surface area contributed by atoms with Crippen LogP contribution in [0, 0.1) is 10.1 Å². The van der Waals surface area contributed by atoms with Crippen LogP contribution in [0.2, 0.25) is 5.02 Å². The fourth-order valence-electron chi connectivity index (χ4n) is 2.18. The zero-order chi connectivity index (χ0) is 17.1. The number of thioether (sulfide) groups is 1. The molecule has 0 unspecified atom stereocenters. The molecule has 0 amide bonds. The molecule has 24 heavy (non-hydrogen) atoms. The van der Waals surface area contributed by atoms with Crippen LogP contribution in [0.15, 0.2) is 53.7 Å². The molecule has 0 fully saturated rings. The Kier molecular flexibility index (Phi) is 4.82. The maximum Gasteiger partial charge on any atom is 0.269 e. The van der Waals surface area contributed by atoms with E-state index >= 15 is 0 Å². The van der Waals surface area contributed by atoms with Gasteiger partial charge in [0.15, 0.2) is 11.0 Å². The third-order valence-electron chi connectivity index (χ3n) is 3.46. The number of nitro benzene ring substituents is 1. The van der Waals surface area contributed by atoms with E-state index in [1.54, 1.807) is 12.1 Å². The van der Waals surface area contributed by atoms with Crippen molar-refractivity contribution in [2.45, 2.75) is 10.9 Å². The maximum atomic E-state index is 10.7. The molecule has 0 spiro atoms. The van der Waals surface area contributed by atoms with Crippen LogP contribution in [0.4, 0.5) is 5.69 Å². The van der Waals surface area contributed by atoms with Gasteiger partial charge in [0, 0.05) is 30.5 Å². The molecule has 0 aliphatic carbocycles. The molecule has 3 rings (SSSR count). The lowest BCUT2D eigenvalue weighted by molar-refractivity contribution is -0.384. The first-order chi connectivity index (χ1) is 11.6. The maximum absolute atomic E-state index is 10.7. The van der Waals surface area contributed by atoms with Crippen molar-refractivity contribution in [2.75, 3.05) is 0 Å². The fourth-order valence-corrected chi connectivity index (χ4v) is 3.27. The molecule has 0 saturated carbocycles. The third kappa shape index (κ3) is 3.42. The van der Waals surface area contributed by atoms with Gasteiger partial charge in [-0.25, -0.2) is 0 Å². The second-order valence-electron chi connectivity index (χ2n) is 5.06. The summed E-state index contributed by atoms with van der Waals surface area (Å²) in [7, 11) is 1.89. The first kappa shape index (κ1) is 16.5. The topological polar surface area (TPSA) is 73.8 Å². The van der Waals surface area contributed by atoms with Gasteiger partial charge < -0.3 is 4.57 Å². The van der Waals surface area contributed by atoms with E-state index in [-0.39, 0.29) is 5.69 Å². The lowest BCUT2D eigenvalue weighted by Gasteiger charge is -2.05. The zero-order valence-corrected chi connectivity index (χ0v) is 14.3. The van der Waals surface area contributed by atoms with Crippen molar-refractivity contribution in [3.8, 4) is 11.4 Å². The SMILES string of the molecule is Cn1c(SCc2ccc([N+](=O)[O-])cc2)nnc1-c1ccccc1Cl. The van der Waals surface area contributed by atoms with E-state index in [9.17, 15) is 10.1 Å². The zero-order valence-electron chi connectivity index (χ0n) is 12.7. The Morgan fingerprint density at radius 3 is 2.54 bits per heavy atom. The molecule has 0 saturated heterocycles. The Morgan fingerprint density at radius 1 is 1.17 bits per heavy atom. The van der Waals surface area contributed by atoms with Crippen LogP contribution in [0.3, 0.4) is 0 Å². The fraction of sp³-hybridized carbons (Fsp3) is 0.125. The summed E-state index contributed by atoms with van der Waals surface area (Å²) >= 11 is 7.72. The van der Waals surface area contributed by atoms with Crippen molar-refractivity contribution in [3.05, 3.63) is 69.2 Å². The quantitative estimate of drug-likeness (QED) is 0.384. The van der Waals surface area contributed by atoms with E-state index in [4.69, 9.17) is 11.6 Å². The molecule has 122 valence electrons. The number of nitrogens with zero attached hydrogens (tertiary/aromatic N) is 4. The number of nitro groups is 1. The Labute approximate surface area is 147 Å². The normalized spacial score (nSPS) is 10.8. The van der Waals surface area contributed by atoms with Crippen molar-refractivity contribution in [1.29, 1.82) is 0 Å². The smallest absolute Gasteiger partial charge is 0.269 e. The first-order valence-electron chi connectivity index (χ1n) is 7.06. The molecule has 0 bridgehead atoms. The standard InChI is InChI=1S/C16H13ClN4O2S/c1-20-15(13-4-2-3-5-14(13)17)18-19-16(20)24-10-11-6-8-12(9-7-11)21(22)23/h2-9H,10H2,1H3. The molecule has 0 N–H and O–H groups in total. The van der Waals surface area contributed by atoms with Gasteiger partial charge in [-0.2, -0.15) is 0 Å². The summed E-state index contributed by atoms with van der Waals surface area (Å²) in [4.78, 5) is 10.3. The van der Waals surface area contributed by atoms with E-state index < -0.39 is 4.92 Å². The van der Waals surface area contributed by atoms with Gasteiger partial charge in [-0.1, -0.05) is 47.6 Å². The molecule has 6 nitrogen and oxygen atoms in total. The number of aromatic nitrogens is 3. The molecule has 0 aliphatic heterocycles. The van der Waals surface area contributed by atoms with Crippen LogP contribution in [0.1, 0.15) is 5.56 Å². The minimum Gasteiger partial charge on any atom is -0.305 e. The highest BCUT2D eigenvalue weighted by molar-refractivity contribution is 7.98. The molecule has 3 aromatic rings. The highest BCUT2D eigenvalue weighted by Gasteiger charge is 2.14. The van der Waals surface area contributed by atoms with Crippen molar-refractivity contribution in [1.82, 2.24) is 14.8 Å². The number of rotatable bonds is 5. The van der Waals surface area contributed by atoms with Gasteiger partial charge in [0.1, 0.15) is 0 Å². The summed E-state index contributed by atoms with van der Waals surface area (Å²) in [5.41, 5.74) is 1.90. The monoisotopic (exact) mass is 360 g/mol. The van der Waals surface area contributed by atoms with Gasteiger partial charge in [-0.15, -0.1) is 10.2 Å². The molecule has 0 radical (unpaired) electrons. The van der Waals surface area contributed by atoms with Crippen LogP contribution in [0.5, 0.6) is 0 Å². The molecular weight excluding hydrogens is 348 g/mol. The highest BCUT2D eigenvalue weighted by atomic mass is 35.5. The Hall–Kier alpha value is -2.38. The van der Waals surface area contributed by atoms with Crippen molar-refractivity contribution in [3.63, 3.8) is 0 Å². The van der Waals surface area contributed by atoms with Gasteiger partial charge in [-0.3, -0.25) is 10.1 Å². The van der Waals surface area contributed by atoms with Gasteiger partial charge in [0.25, 0.3) is 5.69 Å². The van der Waals surface area contributed by atoms with Crippen LogP contribution < -0.4 is 0 Å². The van der Waals surface area contributed by atoms with E-state index in [0.29, 0.717) is 16.6 Å². The molecule has 1 aromatic heterocycles. The number of hydrogen-bond acceptors (Lipinski definition) is 5. The average molecular weight is 361 g/mol. The minimum absolute atomic E-state index is 0.0865. The van der Waals surface area contributed by atoms with Crippen molar-refractivity contribution in [2.24, 2.45) is 7.05 Å². The molecule has 8 heteroatoms. The Morgan fingerprint density at radius 2 is 1.88 bits per heavy atom. The van der Waals surface area contributed by atoms with E-state index in [2.05, 4.69) is 10.2 Å². The van der Waals surface area contributed by atoms with Gasteiger partial charge in [0.2, 0.25) is 0 Å². The molecule has 0 atom stereocenters. The van der Waals surface area contributed by atoms with E-state index in [1.165, 1.54) is 23.9 Å². The Bertz CT molecular complexity index is 880. The van der Waals surface area contributed by atoms with Crippen LogP contribution in [0.25, 0.3) is 11.4 Å². The van der Waals surface area contributed by atoms with Crippen LogP contribution >= 0.6 is 23.4 Å². The number of non-ortho nitro benzene ring substituents is 1. The number of hydrogen-bond donors (Lipinski definition) is 0. The molecule has 1 heterocycles. The van der Waals surface area contributed by atoms with E-state index in [1.807, 2.05) is 35.9 Å². The lowest BCUT2D eigenvalue weighted by Crippen LogP contribution is -1.95. The summed E-state index contributed by atoms with van der Waals surface area (Å²) in [5.74, 6) is 1.35. The van der Waals surface area contributed by atoms with Crippen molar-refractivity contribution < 1.29 is 4.92 Å². The second kappa shape index (κ2) is 7.02. The summed E-state index contributed by atoms with van der Waals surface area (Å²) in [6, 6.07) is 14.0. The Balaban J connectivity index is 1.75. The third-order valence-corrected chi connectivity index (χ3v) is 4.89. The molecule has 0 aliphatic rings. The summed E-state index contributed by atoms with van der Waals surface area (Å²) in [6.07, 6.45) is 0. The van der Waals surface area contributed by atoms with Gasteiger partial charge in [0.05, 0.1) is 9.95 Å². The highest BCUT2D eigenvalue weighted by Crippen LogP contribution is 2.29. The van der Waals surface area contributed by atoms with Crippen LogP contribution in [-0.2, 0) is 12.8 Å².